The van der Waals surface area contributed by atoms with Crippen LogP contribution in [0.15, 0.2) is 18.2 Å². The number of rotatable bonds is 6. The zero-order chi connectivity index (χ0) is 16.1. The van der Waals surface area contributed by atoms with E-state index in [0.717, 1.165) is 16.9 Å². The van der Waals surface area contributed by atoms with E-state index >= 15 is 0 Å². The number of para-hydroxylation sites is 1. The van der Waals surface area contributed by atoms with E-state index in [-0.39, 0.29) is 18.4 Å². The molecule has 2 rings (SSSR count). The summed E-state index contributed by atoms with van der Waals surface area (Å²) in [5.74, 6) is 0.913. The standard InChI is InChI=1S/C15H18N2O3S2/c1-10-4-3-5-11(2)14(10)20-8-12(18)16-6-7-17-13(19)9-22-15(17)21/h3-5H,6-9H2,1-2H3,(H,16,18). The number of benzene rings is 1. The Labute approximate surface area is 139 Å². The molecule has 5 nitrogen and oxygen atoms in total. The number of hydrogen-bond donors (Lipinski definition) is 1. The first kappa shape index (κ1) is 16.8. The van der Waals surface area contributed by atoms with Crippen molar-refractivity contribution in [1.82, 2.24) is 10.2 Å². The van der Waals surface area contributed by atoms with Gasteiger partial charge in [-0.2, -0.15) is 0 Å². The summed E-state index contributed by atoms with van der Waals surface area (Å²) in [7, 11) is 0. The molecule has 1 aliphatic heterocycles. The minimum absolute atomic E-state index is 0.00367. The molecular formula is C15H18N2O3S2. The van der Waals surface area contributed by atoms with Gasteiger partial charge in [0, 0.05) is 13.1 Å². The van der Waals surface area contributed by atoms with Crippen molar-refractivity contribution in [3.05, 3.63) is 29.3 Å². The Morgan fingerprint density at radius 2 is 2.09 bits per heavy atom. The monoisotopic (exact) mass is 338 g/mol. The molecule has 1 N–H and O–H groups in total. The third-order valence-corrected chi connectivity index (χ3v) is 4.69. The molecular weight excluding hydrogens is 320 g/mol. The predicted octanol–water partition coefficient (Wildman–Crippen LogP) is 1.66. The van der Waals surface area contributed by atoms with Crippen LogP contribution in [0.25, 0.3) is 0 Å². The number of aryl methyl sites for hydroxylation is 2. The van der Waals surface area contributed by atoms with Gasteiger partial charge in [-0.15, -0.1) is 0 Å². The zero-order valence-corrected chi connectivity index (χ0v) is 14.2. The van der Waals surface area contributed by atoms with Gasteiger partial charge in [0.05, 0.1) is 5.75 Å². The number of ether oxygens (including phenoxy) is 1. The highest BCUT2D eigenvalue weighted by molar-refractivity contribution is 8.23. The number of amides is 2. The topological polar surface area (TPSA) is 58.6 Å². The van der Waals surface area contributed by atoms with Gasteiger partial charge in [-0.3, -0.25) is 14.5 Å². The average molecular weight is 338 g/mol. The van der Waals surface area contributed by atoms with Crippen molar-refractivity contribution >= 4 is 40.1 Å². The van der Waals surface area contributed by atoms with Crippen LogP contribution in [0, 0.1) is 13.8 Å². The van der Waals surface area contributed by atoms with Gasteiger partial charge in [-0.05, 0) is 25.0 Å². The summed E-state index contributed by atoms with van der Waals surface area (Å²) < 4.78 is 6.15. The van der Waals surface area contributed by atoms with Crippen molar-refractivity contribution in [3.63, 3.8) is 0 Å². The summed E-state index contributed by atoms with van der Waals surface area (Å²) >= 11 is 6.42. The van der Waals surface area contributed by atoms with Crippen LogP contribution in [0.4, 0.5) is 0 Å². The maximum atomic E-state index is 11.8. The number of carbonyl (C=O) groups excluding carboxylic acids is 2. The minimum atomic E-state index is -0.215. The smallest absolute Gasteiger partial charge is 0.258 e. The quantitative estimate of drug-likeness (QED) is 0.800. The van der Waals surface area contributed by atoms with Crippen molar-refractivity contribution in [2.24, 2.45) is 0 Å². The lowest BCUT2D eigenvalue weighted by Crippen LogP contribution is -2.38. The summed E-state index contributed by atoms with van der Waals surface area (Å²) in [6.07, 6.45) is 0. The summed E-state index contributed by atoms with van der Waals surface area (Å²) in [5.41, 5.74) is 2.00. The van der Waals surface area contributed by atoms with E-state index in [9.17, 15) is 9.59 Å². The molecule has 1 aromatic carbocycles. The molecule has 118 valence electrons. The number of thiocarbonyl (C=S) groups is 1. The van der Waals surface area contributed by atoms with E-state index in [1.165, 1.54) is 16.7 Å². The minimum Gasteiger partial charge on any atom is -0.483 e. The Hall–Kier alpha value is -1.60. The highest BCUT2D eigenvalue weighted by Crippen LogP contribution is 2.22. The Morgan fingerprint density at radius 1 is 1.41 bits per heavy atom. The van der Waals surface area contributed by atoms with Gasteiger partial charge >= 0.3 is 0 Å². The molecule has 1 fully saturated rings. The van der Waals surface area contributed by atoms with E-state index in [2.05, 4.69) is 5.32 Å². The molecule has 2 amide bonds. The lowest BCUT2D eigenvalue weighted by molar-refractivity contribution is -0.125. The molecule has 1 aromatic rings. The Kier molecular flexibility index (Phi) is 5.79. The molecule has 0 atom stereocenters. The molecule has 1 saturated heterocycles. The van der Waals surface area contributed by atoms with Crippen LogP contribution in [0.3, 0.4) is 0 Å². The van der Waals surface area contributed by atoms with E-state index in [1.807, 2.05) is 32.0 Å². The van der Waals surface area contributed by atoms with Gasteiger partial charge in [0.2, 0.25) is 5.91 Å². The summed E-state index contributed by atoms with van der Waals surface area (Å²) in [6.45, 7) is 4.61. The number of hydrogen-bond acceptors (Lipinski definition) is 5. The van der Waals surface area contributed by atoms with Gasteiger partial charge < -0.3 is 10.1 Å². The van der Waals surface area contributed by atoms with Crippen molar-refractivity contribution in [2.45, 2.75) is 13.8 Å². The third kappa shape index (κ3) is 4.20. The third-order valence-electron chi connectivity index (χ3n) is 3.25. The van der Waals surface area contributed by atoms with Crippen molar-refractivity contribution in [2.75, 3.05) is 25.4 Å². The lowest BCUT2D eigenvalue weighted by atomic mass is 10.1. The Morgan fingerprint density at radius 3 is 2.68 bits per heavy atom. The molecule has 0 aliphatic carbocycles. The fourth-order valence-corrected chi connectivity index (χ4v) is 3.24. The van der Waals surface area contributed by atoms with Crippen LogP contribution in [0.5, 0.6) is 5.75 Å². The van der Waals surface area contributed by atoms with Crippen LogP contribution < -0.4 is 10.1 Å². The number of carbonyl (C=O) groups is 2. The molecule has 0 aromatic heterocycles. The van der Waals surface area contributed by atoms with Gasteiger partial charge in [-0.1, -0.05) is 42.2 Å². The second-order valence-corrected chi connectivity index (χ2v) is 6.57. The first-order valence-electron chi connectivity index (χ1n) is 6.92. The predicted molar refractivity (Wildman–Crippen MR) is 91.2 cm³/mol. The molecule has 1 aliphatic rings. The molecule has 0 spiro atoms. The van der Waals surface area contributed by atoms with Crippen molar-refractivity contribution in [1.29, 1.82) is 0 Å². The van der Waals surface area contributed by atoms with Crippen LogP contribution in [-0.4, -0.2) is 46.5 Å². The number of nitrogens with one attached hydrogen (secondary N) is 1. The fourth-order valence-electron chi connectivity index (χ4n) is 2.12. The summed E-state index contributed by atoms with van der Waals surface area (Å²) in [4.78, 5) is 24.8. The highest BCUT2D eigenvalue weighted by atomic mass is 32.2. The van der Waals surface area contributed by atoms with Crippen LogP contribution >= 0.6 is 24.0 Å². The first-order valence-corrected chi connectivity index (χ1v) is 8.31. The lowest BCUT2D eigenvalue weighted by Gasteiger charge is -2.15. The van der Waals surface area contributed by atoms with E-state index < -0.39 is 0 Å². The average Bonchev–Trinajstić information content (AvgIpc) is 2.78. The largest absolute Gasteiger partial charge is 0.483 e. The van der Waals surface area contributed by atoms with Crippen LogP contribution in [-0.2, 0) is 9.59 Å². The zero-order valence-electron chi connectivity index (χ0n) is 12.5. The number of thioether (sulfide) groups is 1. The van der Waals surface area contributed by atoms with Crippen molar-refractivity contribution in [3.8, 4) is 5.75 Å². The summed E-state index contributed by atoms with van der Waals surface area (Å²) in [6, 6.07) is 5.83. The molecule has 7 heteroatoms. The molecule has 0 radical (unpaired) electrons. The maximum absolute atomic E-state index is 11.8. The Bertz CT molecular complexity index is 568. The normalized spacial score (nSPS) is 14.4. The van der Waals surface area contributed by atoms with Crippen LogP contribution in [0.1, 0.15) is 11.1 Å². The number of nitrogens with zero attached hydrogens (tertiary/aromatic N) is 1. The molecule has 0 unspecified atom stereocenters. The fraction of sp³-hybridized carbons (Fsp3) is 0.400. The van der Waals surface area contributed by atoms with Gasteiger partial charge in [-0.25, -0.2) is 0 Å². The van der Waals surface area contributed by atoms with E-state index in [4.69, 9.17) is 17.0 Å². The Balaban J connectivity index is 1.74. The van der Waals surface area contributed by atoms with Gasteiger partial charge in [0.25, 0.3) is 5.91 Å². The van der Waals surface area contributed by atoms with Gasteiger partial charge in [0.1, 0.15) is 10.1 Å². The highest BCUT2D eigenvalue weighted by Gasteiger charge is 2.25. The van der Waals surface area contributed by atoms with E-state index in [1.54, 1.807) is 0 Å². The van der Waals surface area contributed by atoms with Crippen LogP contribution in [0.2, 0.25) is 0 Å². The molecule has 22 heavy (non-hydrogen) atoms. The first-order chi connectivity index (χ1) is 10.5. The maximum Gasteiger partial charge on any atom is 0.258 e. The second kappa shape index (κ2) is 7.60. The SMILES string of the molecule is Cc1cccc(C)c1OCC(=O)NCCN1C(=O)CSC1=S. The summed E-state index contributed by atoms with van der Waals surface area (Å²) in [5, 5.41) is 2.73. The van der Waals surface area contributed by atoms with Crippen molar-refractivity contribution < 1.29 is 14.3 Å². The second-order valence-electron chi connectivity index (χ2n) is 4.96. The van der Waals surface area contributed by atoms with E-state index in [0.29, 0.717) is 23.2 Å². The molecule has 0 bridgehead atoms. The van der Waals surface area contributed by atoms with Gasteiger partial charge in [0.15, 0.2) is 6.61 Å². The molecule has 1 heterocycles. The molecule has 0 saturated carbocycles.